The van der Waals surface area contributed by atoms with E-state index in [1.54, 1.807) is 21.3 Å². The Bertz CT molecular complexity index is 887. The molecule has 1 heterocycles. The zero-order chi connectivity index (χ0) is 17.8. The fourth-order valence-corrected chi connectivity index (χ4v) is 2.82. The van der Waals surface area contributed by atoms with Crippen LogP contribution in [0.1, 0.15) is 11.4 Å². The van der Waals surface area contributed by atoms with Crippen LogP contribution in [-0.2, 0) is 6.54 Å². The lowest BCUT2D eigenvalue weighted by Crippen LogP contribution is -2.04. The summed E-state index contributed by atoms with van der Waals surface area (Å²) in [5.41, 5.74) is 2.94. The third-order valence-electron chi connectivity index (χ3n) is 4.09. The number of methoxy groups -OCH3 is 3. The van der Waals surface area contributed by atoms with E-state index in [4.69, 9.17) is 19.2 Å². The minimum atomic E-state index is 0. The Balaban J connectivity index is 0.00000182. The molecule has 0 bridgehead atoms. The minimum Gasteiger partial charge on any atom is -0.497 e. The van der Waals surface area contributed by atoms with Crippen LogP contribution in [0.3, 0.4) is 0 Å². The lowest BCUT2D eigenvalue weighted by Gasteiger charge is -2.13. The van der Waals surface area contributed by atoms with Crippen LogP contribution in [0.25, 0.3) is 10.8 Å². The first-order valence-corrected chi connectivity index (χ1v) is 8.04. The summed E-state index contributed by atoms with van der Waals surface area (Å²) < 4.78 is 16.0. The number of benzene rings is 2. The molecule has 0 amide bonds. The third kappa shape index (κ3) is 5.08. The molecule has 5 nitrogen and oxygen atoms in total. The van der Waals surface area contributed by atoms with Gasteiger partial charge in [0.25, 0.3) is 0 Å². The van der Waals surface area contributed by atoms with Gasteiger partial charge in [-0.05, 0) is 54.8 Å². The van der Waals surface area contributed by atoms with E-state index in [-0.39, 0.29) is 24.8 Å². The normalized spacial score (nSPS) is 9.78. The van der Waals surface area contributed by atoms with Crippen LogP contribution in [0.2, 0.25) is 0 Å². The topological polar surface area (TPSA) is 52.6 Å². The molecule has 2 aromatic carbocycles. The molecule has 0 saturated heterocycles. The van der Waals surface area contributed by atoms with Crippen molar-refractivity contribution in [1.29, 1.82) is 0 Å². The van der Waals surface area contributed by atoms with E-state index in [0.717, 1.165) is 39.3 Å². The standard InChI is InChI=1S/C20H22N2O3.2ClH/c1-13-9-14-10-19(24-3)20(25-4)11-17(14)18(22-13)12-21-15-5-7-16(23-2)8-6-15;;/h5-11,21H,12H2,1-4H3;2*1H. The molecule has 7 heteroatoms. The smallest absolute Gasteiger partial charge is 0.161 e. The number of nitrogens with zero attached hydrogens (tertiary/aromatic N) is 1. The zero-order valence-electron chi connectivity index (χ0n) is 15.7. The SMILES string of the molecule is COc1ccc(NCc2nc(C)cc3cc(OC)c(OC)cc23)cc1.Cl.Cl. The summed E-state index contributed by atoms with van der Waals surface area (Å²) in [5.74, 6) is 2.25. The van der Waals surface area contributed by atoms with Crippen molar-refractivity contribution >= 4 is 41.3 Å². The van der Waals surface area contributed by atoms with E-state index in [1.807, 2.05) is 49.4 Å². The number of aryl methyl sites for hydroxylation is 1. The molecule has 3 rings (SSSR count). The zero-order valence-corrected chi connectivity index (χ0v) is 17.4. The summed E-state index contributed by atoms with van der Waals surface area (Å²) in [6.07, 6.45) is 0. The number of pyridine rings is 1. The molecule has 1 aromatic heterocycles. The predicted octanol–water partition coefficient (Wildman–Crippen LogP) is 5.02. The second-order valence-corrected chi connectivity index (χ2v) is 5.72. The highest BCUT2D eigenvalue weighted by molar-refractivity contribution is 5.88. The summed E-state index contributed by atoms with van der Waals surface area (Å²) in [5, 5.41) is 5.53. The van der Waals surface area contributed by atoms with E-state index >= 15 is 0 Å². The molecule has 0 unspecified atom stereocenters. The number of nitrogens with one attached hydrogen (secondary N) is 1. The van der Waals surface area contributed by atoms with Gasteiger partial charge >= 0.3 is 0 Å². The van der Waals surface area contributed by atoms with Crippen LogP contribution in [-0.4, -0.2) is 26.3 Å². The third-order valence-corrected chi connectivity index (χ3v) is 4.09. The summed E-state index contributed by atoms with van der Waals surface area (Å²) in [4.78, 5) is 4.70. The van der Waals surface area contributed by atoms with Gasteiger partial charge in [0.1, 0.15) is 5.75 Å². The Morgan fingerprint density at radius 3 is 2.07 bits per heavy atom. The van der Waals surface area contributed by atoms with Crippen LogP contribution in [0.5, 0.6) is 17.2 Å². The summed E-state index contributed by atoms with van der Waals surface area (Å²) in [6.45, 7) is 2.60. The number of fused-ring (bicyclic) bond motifs is 1. The van der Waals surface area contributed by atoms with Crippen molar-refractivity contribution in [2.24, 2.45) is 0 Å². The van der Waals surface area contributed by atoms with Crippen molar-refractivity contribution in [2.45, 2.75) is 13.5 Å². The minimum absolute atomic E-state index is 0. The van der Waals surface area contributed by atoms with Crippen LogP contribution in [0, 0.1) is 6.92 Å². The Kier molecular flexibility index (Phi) is 8.47. The molecule has 0 atom stereocenters. The first-order chi connectivity index (χ1) is 12.1. The number of hydrogen-bond acceptors (Lipinski definition) is 5. The van der Waals surface area contributed by atoms with Gasteiger partial charge in [0.05, 0.1) is 33.6 Å². The second kappa shape index (κ2) is 10.1. The van der Waals surface area contributed by atoms with Gasteiger partial charge in [0.2, 0.25) is 0 Å². The van der Waals surface area contributed by atoms with Gasteiger partial charge in [-0.3, -0.25) is 4.98 Å². The van der Waals surface area contributed by atoms with Gasteiger partial charge in [-0.1, -0.05) is 0 Å². The summed E-state index contributed by atoms with van der Waals surface area (Å²) in [6, 6.07) is 13.8. The van der Waals surface area contributed by atoms with Crippen molar-refractivity contribution in [1.82, 2.24) is 4.98 Å². The number of aromatic nitrogens is 1. The van der Waals surface area contributed by atoms with E-state index in [9.17, 15) is 0 Å². The van der Waals surface area contributed by atoms with Crippen molar-refractivity contribution in [3.63, 3.8) is 0 Å². The van der Waals surface area contributed by atoms with E-state index < -0.39 is 0 Å². The summed E-state index contributed by atoms with van der Waals surface area (Å²) >= 11 is 0. The van der Waals surface area contributed by atoms with Crippen molar-refractivity contribution < 1.29 is 14.2 Å². The number of ether oxygens (including phenoxy) is 3. The van der Waals surface area contributed by atoms with Gasteiger partial charge in [0.15, 0.2) is 11.5 Å². The molecule has 0 radical (unpaired) electrons. The molecular weight excluding hydrogens is 387 g/mol. The van der Waals surface area contributed by atoms with Crippen molar-refractivity contribution in [2.75, 3.05) is 26.6 Å². The number of anilines is 1. The average Bonchev–Trinajstić information content (AvgIpc) is 2.65. The fourth-order valence-electron chi connectivity index (χ4n) is 2.82. The maximum Gasteiger partial charge on any atom is 0.161 e. The molecule has 0 fully saturated rings. The maximum absolute atomic E-state index is 5.43. The van der Waals surface area contributed by atoms with Gasteiger partial charge in [-0.2, -0.15) is 0 Å². The van der Waals surface area contributed by atoms with Crippen LogP contribution >= 0.6 is 24.8 Å². The molecule has 0 aliphatic rings. The molecule has 3 aromatic rings. The maximum atomic E-state index is 5.43. The van der Waals surface area contributed by atoms with E-state index in [0.29, 0.717) is 12.3 Å². The number of rotatable bonds is 6. The lowest BCUT2D eigenvalue weighted by atomic mass is 10.1. The van der Waals surface area contributed by atoms with Crippen LogP contribution in [0.4, 0.5) is 5.69 Å². The second-order valence-electron chi connectivity index (χ2n) is 5.72. The highest BCUT2D eigenvalue weighted by Crippen LogP contribution is 2.33. The predicted molar refractivity (Wildman–Crippen MR) is 114 cm³/mol. The van der Waals surface area contributed by atoms with Crippen LogP contribution in [0.15, 0.2) is 42.5 Å². The fraction of sp³-hybridized carbons (Fsp3) is 0.250. The molecule has 27 heavy (non-hydrogen) atoms. The van der Waals surface area contributed by atoms with Crippen LogP contribution < -0.4 is 19.5 Å². The van der Waals surface area contributed by atoms with E-state index in [1.165, 1.54) is 0 Å². The number of halogens is 2. The number of hydrogen-bond donors (Lipinski definition) is 1. The molecule has 146 valence electrons. The highest BCUT2D eigenvalue weighted by atomic mass is 35.5. The Labute approximate surface area is 171 Å². The Hall–Kier alpha value is -2.37. The molecule has 0 aliphatic carbocycles. The molecular formula is C20H24Cl2N2O3. The van der Waals surface area contributed by atoms with Gasteiger partial charge in [-0.25, -0.2) is 0 Å². The highest BCUT2D eigenvalue weighted by Gasteiger charge is 2.11. The summed E-state index contributed by atoms with van der Waals surface area (Å²) in [7, 11) is 4.94. The lowest BCUT2D eigenvalue weighted by molar-refractivity contribution is 0.356. The molecule has 0 spiro atoms. The molecule has 0 saturated carbocycles. The first-order valence-electron chi connectivity index (χ1n) is 8.04. The monoisotopic (exact) mass is 410 g/mol. The van der Waals surface area contributed by atoms with Gasteiger partial charge in [-0.15, -0.1) is 24.8 Å². The largest absolute Gasteiger partial charge is 0.497 e. The van der Waals surface area contributed by atoms with Crippen molar-refractivity contribution in [3.05, 3.63) is 53.9 Å². The Morgan fingerprint density at radius 1 is 0.852 bits per heavy atom. The first kappa shape index (κ1) is 22.7. The van der Waals surface area contributed by atoms with E-state index in [2.05, 4.69) is 5.32 Å². The average molecular weight is 411 g/mol. The van der Waals surface area contributed by atoms with Crippen molar-refractivity contribution in [3.8, 4) is 17.2 Å². The Morgan fingerprint density at radius 2 is 1.48 bits per heavy atom. The quantitative estimate of drug-likeness (QED) is 0.617. The molecule has 1 N–H and O–H groups in total. The molecule has 0 aliphatic heterocycles. The van der Waals surface area contributed by atoms with Gasteiger partial charge < -0.3 is 19.5 Å². The van der Waals surface area contributed by atoms with Gasteiger partial charge in [0, 0.05) is 16.8 Å².